The number of benzene rings is 1. The molecule has 0 radical (unpaired) electrons. The summed E-state index contributed by atoms with van der Waals surface area (Å²) >= 11 is 1.68. The average molecular weight is 248 g/mol. The van der Waals surface area contributed by atoms with Crippen molar-refractivity contribution in [3.8, 4) is 5.75 Å². The first-order chi connectivity index (χ1) is 8.27. The van der Waals surface area contributed by atoms with Gasteiger partial charge in [-0.1, -0.05) is 18.2 Å². The Labute approximate surface area is 105 Å². The molecule has 1 atom stereocenters. The standard InChI is InChI=1S/C13H16N2OS/c1-9-7-17-8-11(9)13(15-14)10-5-3-4-6-12(10)16-2/h3-8,13,15H,14H2,1-2H3. The Bertz CT molecular complexity index is 496. The molecule has 2 aromatic rings. The van der Waals surface area contributed by atoms with Crippen molar-refractivity contribution in [1.82, 2.24) is 5.43 Å². The highest BCUT2D eigenvalue weighted by atomic mass is 32.1. The summed E-state index contributed by atoms with van der Waals surface area (Å²) in [5.41, 5.74) is 6.35. The third-order valence-electron chi connectivity index (χ3n) is 2.82. The van der Waals surface area contributed by atoms with Crippen LogP contribution in [0.25, 0.3) is 0 Å². The summed E-state index contributed by atoms with van der Waals surface area (Å²) in [7, 11) is 1.67. The predicted molar refractivity (Wildman–Crippen MR) is 71.2 cm³/mol. The van der Waals surface area contributed by atoms with Gasteiger partial charge in [-0.25, -0.2) is 5.43 Å². The summed E-state index contributed by atoms with van der Waals surface area (Å²) in [6, 6.07) is 7.89. The lowest BCUT2D eigenvalue weighted by Gasteiger charge is -2.19. The van der Waals surface area contributed by atoms with Gasteiger partial charge in [0.05, 0.1) is 13.2 Å². The number of ether oxygens (including phenoxy) is 1. The molecule has 0 saturated heterocycles. The number of methoxy groups -OCH3 is 1. The van der Waals surface area contributed by atoms with Crippen LogP contribution in [0.2, 0.25) is 0 Å². The van der Waals surface area contributed by atoms with Crippen LogP contribution in [0.1, 0.15) is 22.7 Å². The Morgan fingerprint density at radius 2 is 2.00 bits per heavy atom. The number of aryl methyl sites for hydroxylation is 1. The largest absolute Gasteiger partial charge is 0.496 e. The minimum absolute atomic E-state index is 0.0302. The van der Waals surface area contributed by atoms with Crippen molar-refractivity contribution in [1.29, 1.82) is 0 Å². The molecular weight excluding hydrogens is 232 g/mol. The normalized spacial score (nSPS) is 12.4. The van der Waals surface area contributed by atoms with Gasteiger partial charge in [-0.3, -0.25) is 5.84 Å². The van der Waals surface area contributed by atoms with Crippen LogP contribution in [0, 0.1) is 6.92 Å². The monoisotopic (exact) mass is 248 g/mol. The number of rotatable bonds is 4. The van der Waals surface area contributed by atoms with E-state index in [9.17, 15) is 0 Å². The zero-order valence-electron chi connectivity index (χ0n) is 9.94. The summed E-state index contributed by atoms with van der Waals surface area (Å²) in [5.74, 6) is 6.54. The first-order valence-electron chi connectivity index (χ1n) is 5.39. The van der Waals surface area contributed by atoms with Crippen molar-refractivity contribution >= 4 is 11.3 Å². The van der Waals surface area contributed by atoms with E-state index in [1.807, 2.05) is 24.3 Å². The van der Waals surface area contributed by atoms with Crippen LogP contribution in [0.5, 0.6) is 5.75 Å². The maximum atomic E-state index is 5.69. The summed E-state index contributed by atoms with van der Waals surface area (Å²) in [5, 5.41) is 4.24. The van der Waals surface area contributed by atoms with E-state index >= 15 is 0 Å². The van der Waals surface area contributed by atoms with Crippen LogP contribution in [-0.4, -0.2) is 7.11 Å². The average Bonchev–Trinajstić information content (AvgIpc) is 2.78. The molecule has 3 N–H and O–H groups in total. The minimum atomic E-state index is -0.0302. The molecule has 0 aliphatic rings. The van der Waals surface area contributed by atoms with E-state index in [1.165, 1.54) is 11.1 Å². The smallest absolute Gasteiger partial charge is 0.124 e. The molecule has 2 rings (SSSR count). The molecule has 0 amide bonds. The van der Waals surface area contributed by atoms with Gasteiger partial charge in [0.2, 0.25) is 0 Å². The molecule has 1 heterocycles. The highest BCUT2D eigenvalue weighted by Crippen LogP contribution is 2.32. The Balaban J connectivity index is 2.46. The summed E-state index contributed by atoms with van der Waals surface area (Å²) in [6.45, 7) is 2.09. The third kappa shape index (κ3) is 2.34. The van der Waals surface area contributed by atoms with E-state index in [0.29, 0.717) is 0 Å². The fourth-order valence-corrected chi connectivity index (χ4v) is 2.79. The van der Waals surface area contributed by atoms with Crippen molar-refractivity contribution < 1.29 is 4.74 Å². The number of nitrogens with one attached hydrogen (secondary N) is 1. The van der Waals surface area contributed by atoms with E-state index in [2.05, 4.69) is 23.1 Å². The van der Waals surface area contributed by atoms with Crippen molar-refractivity contribution in [2.45, 2.75) is 13.0 Å². The molecular formula is C13H16N2OS. The quantitative estimate of drug-likeness (QED) is 0.646. The van der Waals surface area contributed by atoms with E-state index in [-0.39, 0.29) is 6.04 Å². The second-order valence-electron chi connectivity index (χ2n) is 3.85. The van der Waals surface area contributed by atoms with Crippen LogP contribution in [0.15, 0.2) is 35.0 Å². The van der Waals surface area contributed by atoms with Gasteiger partial charge in [0, 0.05) is 5.56 Å². The van der Waals surface area contributed by atoms with Crippen LogP contribution < -0.4 is 16.0 Å². The second-order valence-corrected chi connectivity index (χ2v) is 4.60. The zero-order chi connectivity index (χ0) is 12.3. The Morgan fingerprint density at radius 3 is 2.59 bits per heavy atom. The number of hydrogen-bond donors (Lipinski definition) is 2. The highest BCUT2D eigenvalue weighted by molar-refractivity contribution is 7.08. The topological polar surface area (TPSA) is 47.3 Å². The van der Waals surface area contributed by atoms with E-state index in [4.69, 9.17) is 10.6 Å². The second kappa shape index (κ2) is 5.31. The van der Waals surface area contributed by atoms with Crippen LogP contribution >= 0.6 is 11.3 Å². The number of hydrogen-bond acceptors (Lipinski definition) is 4. The number of para-hydroxylation sites is 1. The predicted octanol–water partition coefficient (Wildman–Crippen LogP) is 2.62. The van der Waals surface area contributed by atoms with Crippen LogP contribution in [0.4, 0.5) is 0 Å². The molecule has 0 aliphatic carbocycles. The number of hydrazine groups is 1. The molecule has 0 saturated carbocycles. The molecule has 0 aliphatic heterocycles. The SMILES string of the molecule is COc1ccccc1C(NN)c1cscc1C. The first kappa shape index (κ1) is 12.1. The van der Waals surface area contributed by atoms with E-state index < -0.39 is 0 Å². The van der Waals surface area contributed by atoms with Gasteiger partial charge in [-0.05, 0) is 34.9 Å². The van der Waals surface area contributed by atoms with Gasteiger partial charge in [0.25, 0.3) is 0 Å². The zero-order valence-corrected chi connectivity index (χ0v) is 10.8. The lowest BCUT2D eigenvalue weighted by Crippen LogP contribution is -2.29. The first-order valence-corrected chi connectivity index (χ1v) is 6.34. The van der Waals surface area contributed by atoms with Gasteiger partial charge in [0.1, 0.15) is 5.75 Å². The molecule has 0 spiro atoms. The molecule has 1 unspecified atom stereocenters. The molecule has 1 aromatic carbocycles. The fourth-order valence-electron chi connectivity index (χ4n) is 1.92. The van der Waals surface area contributed by atoms with Gasteiger partial charge in [-0.2, -0.15) is 11.3 Å². The molecule has 3 nitrogen and oxygen atoms in total. The van der Waals surface area contributed by atoms with Crippen LogP contribution in [-0.2, 0) is 0 Å². The molecule has 90 valence electrons. The van der Waals surface area contributed by atoms with Gasteiger partial charge >= 0.3 is 0 Å². The van der Waals surface area contributed by atoms with Gasteiger partial charge in [-0.15, -0.1) is 0 Å². The maximum absolute atomic E-state index is 5.69. The summed E-state index contributed by atoms with van der Waals surface area (Å²) < 4.78 is 5.37. The van der Waals surface area contributed by atoms with Gasteiger partial charge in [0.15, 0.2) is 0 Å². The van der Waals surface area contributed by atoms with Crippen molar-refractivity contribution in [3.05, 3.63) is 51.7 Å². The summed E-state index contributed by atoms with van der Waals surface area (Å²) in [4.78, 5) is 0. The summed E-state index contributed by atoms with van der Waals surface area (Å²) in [6.07, 6.45) is 0. The molecule has 0 fully saturated rings. The molecule has 17 heavy (non-hydrogen) atoms. The van der Waals surface area contributed by atoms with E-state index in [1.54, 1.807) is 18.4 Å². The lowest BCUT2D eigenvalue weighted by molar-refractivity contribution is 0.404. The van der Waals surface area contributed by atoms with Crippen molar-refractivity contribution in [2.75, 3.05) is 7.11 Å². The molecule has 1 aromatic heterocycles. The maximum Gasteiger partial charge on any atom is 0.124 e. The Kier molecular flexibility index (Phi) is 3.78. The van der Waals surface area contributed by atoms with E-state index in [0.717, 1.165) is 11.3 Å². The van der Waals surface area contributed by atoms with Crippen molar-refractivity contribution in [2.24, 2.45) is 5.84 Å². The minimum Gasteiger partial charge on any atom is -0.496 e. The fraction of sp³-hybridized carbons (Fsp3) is 0.231. The van der Waals surface area contributed by atoms with Crippen LogP contribution in [0.3, 0.4) is 0 Å². The number of thiophene rings is 1. The molecule has 4 heteroatoms. The number of nitrogens with two attached hydrogens (primary N) is 1. The highest BCUT2D eigenvalue weighted by Gasteiger charge is 2.18. The third-order valence-corrected chi connectivity index (χ3v) is 3.70. The van der Waals surface area contributed by atoms with Crippen molar-refractivity contribution in [3.63, 3.8) is 0 Å². The Hall–Kier alpha value is -1.36. The molecule has 0 bridgehead atoms. The van der Waals surface area contributed by atoms with Gasteiger partial charge < -0.3 is 4.74 Å². The lowest BCUT2D eigenvalue weighted by atomic mass is 9.98. The Morgan fingerprint density at radius 1 is 1.24 bits per heavy atom.